The van der Waals surface area contributed by atoms with Crippen LogP contribution < -0.4 is 0 Å². The van der Waals surface area contributed by atoms with Crippen LogP contribution in [-0.4, -0.2) is 26.6 Å². The zero-order chi connectivity index (χ0) is 18.1. The Balaban J connectivity index is 2.62. The lowest BCUT2D eigenvalue weighted by molar-refractivity contribution is -0.116. The summed E-state index contributed by atoms with van der Waals surface area (Å²) in [5.41, 5.74) is 0. The SMILES string of the molecule is O=S(=O)(O)c1cc(S(=O)(=O)c2ccc(F)c(SOO)c2)ccc1F. The number of hydrogen-bond donors (Lipinski definition) is 2. The fourth-order valence-corrected chi connectivity index (χ4v) is 4.19. The van der Waals surface area contributed by atoms with Gasteiger partial charge in [-0.1, -0.05) is 0 Å². The van der Waals surface area contributed by atoms with Crippen molar-refractivity contribution in [3.8, 4) is 0 Å². The lowest BCUT2D eigenvalue weighted by Crippen LogP contribution is -2.07. The number of rotatable bonds is 5. The molecule has 0 amide bonds. The zero-order valence-corrected chi connectivity index (χ0v) is 13.8. The van der Waals surface area contributed by atoms with Crippen LogP contribution in [0.1, 0.15) is 0 Å². The highest BCUT2D eigenvalue weighted by Gasteiger charge is 2.24. The molecular formula is C12H8F2O7S3. The quantitative estimate of drug-likeness (QED) is 0.259. The Bertz CT molecular complexity index is 988. The normalized spacial score (nSPS) is 12.3. The largest absolute Gasteiger partial charge is 0.297 e. The van der Waals surface area contributed by atoms with Gasteiger partial charge in [0.15, 0.2) is 0 Å². The van der Waals surface area contributed by atoms with E-state index in [1.165, 1.54) is 0 Å². The molecule has 0 saturated heterocycles. The Morgan fingerprint density at radius 1 is 0.917 bits per heavy atom. The molecule has 0 aliphatic carbocycles. The molecule has 2 aromatic carbocycles. The van der Waals surface area contributed by atoms with Gasteiger partial charge in [-0.25, -0.2) is 22.5 Å². The standard InChI is InChI=1S/C12H8F2O7S3/c13-9-3-1-7(5-11(9)22-21-15)23(16,17)8-2-4-10(14)12(6-8)24(18,19)20/h1-6,15H,(H,18,19,20). The summed E-state index contributed by atoms with van der Waals surface area (Å²) < 4.78 is 86.6. The molecule has 0 spiro atoms. The van der Waals surface area contributed by atoms with Crippen molar-refractivity contribution in [3.05, 3.63) is 48.0 Å². The molecule has 0 atom stereocenters. The molecule has 12 heteroatoms. The zero-order valence-electron chi connectivity index (χ0n) is 11.4. The maximum absolute atomic E-state index is 13.5. The van der Waals surface area contributed by atoms with Crippen molar-refractivity contribution in [2.24, 2.45) is 0 Å². The summed E-state index contributed by atoms with van der Waals surface area (Å²) in [6.07, 6.45) is 0. The first-order valence-corrected chi connectivity index (χ1v) is 9.53. The highest BCUT2D eigenvalue weighted by molar-refractivity contribution is 7.94. The summed E-state index contributed by atoms with van der Waals surface area (Å²) in [5.74, 6) is -2.20. The van der Waals surface area contributed by atoms with E-state index in [4.69, 9.17) is 9.81 Å². The maximum Gasteiger partial charge on any atom is 0.297 e. The van der Waals surface area contributed by atoms with Gasteiger partial charge >= 0.3 is 0 Å². The van der Waals surface area contributed by atoms with E-state index in [0.717, 1.165) is 24.3 Å². The minimum Gasteiger partial charge on any atom is -0.282 e. The minimum absolute atomic E-state index is 0.157. The highest BCUT2D eigenvalue weighted by atomic mass is 32.2. The molecule has 0 radical (unpaired) electrons. The number of benzene rings is 2. The fourth-order valence-electron chi connectivity index (χ4n) is 1.74. The topological polar surface area (TPSA) is 118 Å². The van der Waals surface area contributed by atoms with Gasteiger partial charge in [0, 0.05) is 0 Å². The van der Waals surface area contributed by atoms with Crippen LogP contribution in [0.15, 0.2) is 56.0 Å². The molecule has 7 nitrogen and oxygen atoms in total. The summed E-state index contributed by atoms with van der Waals surface area (Å²) >= 11 is 0.157. The Morgan fingerprint density at radius 2 is 1.46 bits per heavy atom. The molecule has 0 heterocycles. The van der Waals surface area contributed by atoms with Crippen molar-refractivity contribution in [3.63, 3.8) is 0 Å². The Kier molecular flexibility index (Phi) is 5.27. The Labute approximate surface area is 139 Å². The van der Waals surface area contributed by atoms with E-state index in [1.54, 1.807) is 0 Å². The van der Waals surface area contributed by atoms with Crippen LogP contribution in [0.25, 0.3) is 0 Å². The molecule has 0 aliphatic heterocycles. The third-order valence-electron chi connectivity index (χ3n) is 2.83. The summed E-state index contributed by atoms with van der Waals surface area (Å²) in [6, 6.07) is 4.31. The summed E-state index contributed by atoms with van der Waals surface area (Å²) in [4.78, 5) is -2.66. The molecular weight excluding hydrogens is 390 g/mol. The average Bonchev–Trinajstić information content (AvgIpc) is 2.48. The van der Waals surface area contributed by atoms with Gasteiger partial charge in [0.25, 0.3) is 10.1 Å². The van der Waals surface area contributed by atoms with E-state index >= 15 is 0 Å². The lowest BCUT2D eigenvalue weighted by atomic mass is 10.3. The van der Waals surface area contributed by atoms with Crippen molar-refractivity contribution in [1.82, 2.24) is 0 Å². The number of sulfone groups is 1. The molecule has 2 rings (SSSR count). The Morgan fingerprint density at radius 3 is 2.00 bits per heavy atom. The van der Waals surface area contributed by atoms with Crippen LogP contribution in [0.2, 0.25) is 0 Å². The monoisotopic (exact) mass is 398 g/mol. The van der Waals surface area contributed by atoms with Gasteiger partial charge in [0.2, 0.25) is 9.84 Å². The van der Waals surface area contributed by atoms with Gasteiger partial charge in [-0.15, -0.1) is 0 Å². The van der Waals surface area contributed by atoms with Gasteiger partial charge in [-0.3, -0.25) is 4.55 Å². The van der Waals surface area contributed by atoms with Crippen LogP contribution in [0.5, 0.6) is 0 Å². The smallest absolute Gasteiger partial charge is 0.282 e. The fraction of sp³-hybridized carbons (Fsp3) is 0. The second-order valence-electron chi connectivity index (χ2n) is 4.32. The van der Waals surface area contributed by atoms with E-state index in [-0.39, 0.29) is 16.9 Å². The number of hydrogen-bond acceptors (Lipinski definition) is 7. The van der Waals surface area contributed by atoms with Crippen LogP contribution in [-0.2, 0) is 24.3 Å². The molecule has 2 aromatic rings. The Hall–Kier alpha value is -1.57. The van der Waals surface area contributed by atoms with Crippen molar-refractivity contribution in [1.29, 1.82) is 0 Å². The molecule has 0 unspecified atom stereocenters. The maximum atomic E-state index is 13.5. The molecule has 2 N–H and O–H groups in total. The van der Waals surface area contributed by atoms with E-state index < -0.39 is 46.3 Å². The van der Waals surface area contributed by atoms with Crippen molar-refractivity contribution in [2.75, 3.05) is 0 Å². The summed E-state index contributed by atoms with van der Waals surface area (Å²) in [5, 5.41) is 8.32. The van der Waals surface area contributed by atoms with Crippen molar-refractivity contribution < 1.29 is 39.8 Å². The molecule has 0 saturated carbocycles. The van der Waals surface area contributed by atoms with Crippen LogP contribution >= 0.6 is 12.0 Å². The van der Waals surface area contributed by atoms with E-state index in [1.807, 2.05) is 0 Å². The second kappa shape index (κ2) is 6.74. The van der Waals surface area contributed by atoms with Crippen LogP contribution in [0.3, 0.4) is 0 Å². The van der Waals surface area contributed by atoms with Crippen molar-refractivity contribution >= 4 is 32.0 Å². The molecule has 130 valence electrons. The minimum atomic E-state index is -4.98. The van der Waals surface area contributed by atoms with Gasteiger partial charge in [-0.05, 0) is 36.4 Å². The van der Waals surface area contributed by atoms with E-state index in [2.05, 4.69) is 4.33 Å². The molecule has 0 bridgehead atoms. The van der Waals surface area contributed by atoms with Gasteiger partial charge in [0.1, 0.15) is 16.5 Å². The second-order valence-corrected chi connectivity index (χ2v) is 8.42. The van der Waals surface area contributed by atoms with E-state index in [9.17, 15) is 25.6 Å². The van der Waals surface area contributed by atoms with Gasteiger partial charge in [-0.2, -0.15) is 12.8 Å². The predicted octanol–water partition coefficient (Wildman–Crippen LogP) is 2.54. The van der Waals surface area contributed by atoms with Crippen LogP contribution in [0.4, 0.5) is 8.78 Å². The predicted molar refractivity (Wildman–Crippen MR) is 77.6 cm³/mol. The molecule has 24 heavy (non-hydrogen) atoms. The first-order valence-electron chi connectivity index (χ1n) is 5.87. The third kappa shape index (κ3) is 3.74. The summed E-state index contributed by atoms with van der Waals surface area (Å²) in [7, 11) is -9.33. The van der Waals surface area contributed by atoms with E-state index in [0.29, 0.717) is 12.1 Å². The van der Waals surface area contributed by atoms with Gasteiger partial charge in [0.05, 0.1) is 26.7 Å². The first-order chi connectivity index (χ1) is 11.1. The molecule has 0 aromatic heterocycles. The highest BCUT2D eigenvalue weighted by Crippen LogP contribution is 2.29. The van der Waals surface area contributed by atoms with Gasteiger partial charge < -0.3 is 0 Å². The lowest BCUT2D eigenvalue weighted by Gasteiger charge is -2.08. The molecule has 0 fully saturated rings. The average molecular weight is 398 g/mol. The number of halogens is 2. The summed E-state index contributed by atoms with van der Waals surface area (Å²) in [6.45, 7) is 0. The van der Waals surface area contributed by atoms with Crippen molar-refractivity contribution in [2.45, 2.75) is 19.6 Å². The first kappa shape index (κ1) is 18.8. The third-order valence-corrected chi connectivity index (χ3v) is 6.02. The molecule has 0 aliphatic rings. The van der Waals surface area contributed by atoms with Crippen LogP contribution in [0, 0.1) is 11.6 Å².